The Bertz CT molecular complexity index is 1010. The SMILES string of the molecule is CS(=O)(=O)c1ccc(-c2cncc(N3Cc4ccccc4C3)n2)cc1. The summed E-state index contributed by atoms with van der Waals surface area (Å²) in [5, 5.41) is 0. The maximum absolute atomic E-state index is 11.6. The van der Waals surface area contributed by atoms with Crippen molar-refractivity contribution in [2.75, 3.05) is 11.2 Å². The molecule has 0 saturated carbocycles. The van der Waals surface area contributed by atoms with Crippen LogP contribution >= 0.6 is 0 Å². The Balaban J connectivity index is 1.62. The molecule has 3 aromatic rings. The number of aromatic nitrogens is 2. The van der Waals surface area contributed by atoms with Gasteiger partial charge in [-0.2, -0.15) is 0 Å². The predicted molar refractivity (Wildman–Crippen MR) is 96.9 cm³/mol. The fraction of sp³-hybridized carbons (Fsp3) is 0.158. The zero-order valence-corrected chi connectivity index (χ0v) is 14.6. The molecule has 0 aliphatic carbocycles. The molecular formula is C19H17N3O2S. The van der Waals surface area contributed by atoms with E-state index in [2.05, 4.69) is 22.0 Å². The van der Waals surface area contributed by atoms with Gasteiger partial charge in [-0.25, -0.2) is 13.4 Å². The van der Waals surface area contributed by atoms with E-state index in [9.17, 15) is 8.42 Å². The lowest BCUT2D eigenvalue weighted by Gasteiger charge is -2.16. The molecule has 1 aliphatic rings. The third kappa shape index (κ3) is 3.13. The van der Waals surface area contributed by atoms with E-state index < -0.39 is 9.84 Å². The smallest absolute Gasteiger partial charge is 0.175 e. The van der Waals surface area contributed by atoms with Crippen LogP contribution in [0.1, 0.15) is 11.1 Å². The number of hydrogen-bond donors (Lipinski definition) is 0. The van der Waals surface area contributed by atoms with Gasteiger partial charge in [0.25, 0.3) is 0 Å². The number of rotatable bonds is 3. The van der Waals surface area contributed by atoms with Gasteiger partial charge in [-0.1, -0.05) is 36.4 Å². The van der Waals surface area contributed by atoms with Gasteiger partial charge in [0.15, 0.2) is 9.84 Å². The quantitative estimate of drug-likeness (QED) is 0.726. The fourth-order valence-electron chi connectivity index (χ4n) is 3.02. The summed E-state index contributed by atoms with van der Waals surface area (Å²) in [7, 11) is -3.20. The first-order chi connectivity index (χ1) is 12.0. The molecular weight excluding hydrogens is 334 g/mol. The second kappa shape index (κ2) is 5.97. The van der Waals surface area contributed by atoms with E-state index in [1.54, 1.807) is 36.7 Å². The summed E-state index contributed by atoms with van der Waals surface area (Å²) >= 11 is 0. The molecule has 0 spiro atoms. The molecule has 4 rings (SSSR count). The monoisotopic (exact) mass is 351 g/mol. The highest BCUT2D eigenvalue weighted by molar-refractivity contribution is 7.90. The maximum atomic E-state index is 11.6. The average Bonchev–Trinajstić information content (AvgIpc) is 3.05. The van der Waals surface area contributed by atoms with Crippen LogP contribution in [0, 0.1) is 0 Å². The summed E-state index contributed by atoms with van der Waals surface area (Å²) in [6.45, 7) is 1.64. The van der Waals surface area contributed by atoms with Crippen molar-refractivity contribution in [2.45, 2.75) is 18.0 Å². The highest BCUT2D eigenvalue weighted by Gasteiger charge is 2.20. The first-order valence-corrected chi connectivity index (χ1v) is 9.84. The van der Waals surface area contributed by atoms with Gasteiger partial charge in [-0.15, -0.1) is 0 Å². The molecule has 2 heterocycles. The Morgan fingerprint density at radius 2 is 1.56 bits per heavy atom. The second-order valence-electron chi connectivity index (χ2n) is 6.18. The van der Waals surface area contributed by atoms with Crippen LogP contribution in [0.5, 0.6) is 0 Å². The number of hydrogen-bond acceptors (Lipinski definition) is 5. The molecule has 6 heteroatoms. The highest BCUT2D eigenvalue weighted by atomic mass is 32.2. The van der Waals surface area contributed by atoms with Gasteiger partial charge < -0.3 is 4.90 Å². The van der Waals surface area contributed by atoms with Crippen molar-refractivity contribution in [1.82, 2.24) is 9.97 Å². The molecule has 0 saturated heterocycles. The van der Waals surface area contributed by atoms with Crippen LogP contribution in [-0.2, 0) is 22.9 Å². The summed E-state index contributed by atoms with van der Waals surface area (Å²) in [6.07, 6.45) is 4.66. The van der Waals surface area contributed by atoms with Crippen molar-refractivity contribution in [3.8, 4) is 11.3 Å². The lowest BCUT2D eigenvalue weighted by Crippen LogP contribution is -2.16. The number of anilines is 1. The van der Waals surface area contributed by atoms with Gasteiger partial charge in [0, 0.05) is 24.9 Å². The van der Waals surface area contributed by atoms with Crippen LogP contribution in [0.25, 0.3) is 11.3 Å². The molecule has 0 unspecified atom stereocenters. The van der Waals surface area contributed by atoms with Crippen molar-refractivity contribution in [2.24, 2.45) is 0 Å². The Morgan fingerprint density at radius 3 is 2.16 bits per heavy atom. The van der Waals surface area contributed by atoms with Gasteiger partial charge in [-0.3, -0.25) is 4.98 Å². The third-order valence-corrected chi connectivity index (χ3v) is 5.49. The minimum Gasteiger partial charge on any atom is -0.347 e. The topological polar surface area (TPSA) is 63.2 Å². The summed E-state index contributed by atoms with van der Waals surface area (Å²) in [4.78, 5) is 11.5. The van der Waals surface area contributed by atoms with E-state index in [1.165, 1.54) is 17.4 Å². The Hall–Kier alpha value is -2.73. The minimum absolute atomic E-state index is 0.301. The average molecular weight is 351 g/mol. The van der Waals surface area contributed by atoms with E-state index >= 15 is 0 Å². The van der Waals surface area contributed by atoms with Crippen LogP contribution in [0.15, 0.2) is 65.8 Å². The summed E-state index contributed by atoms with van der Waals surface area (Å²) in [5.41, 5.74) is 4.20. The minimum atomic E-state index is -3.20. The van der Waals surface area contributed by atoms with Crippen molar-refractivity contribution in [3.05, 3.63) is 72.1 Å². The molecule has 0 radical (unpaired) electrons. The first-order valence-electron chi connectivity index (χ1n) is 7.95. The molecule has 126 valence electrons. The van der Waals surface area contributed by atoms with Crippen molar-refractivity contribution in [1.29, 1.82) is 0 Å². The third-order valence-electron chi connectivity index (χ3n) is 4.36. The van der Waals surface area contributed by atoms with Crippen molar-refractivity contribution in [3.63, 3.8) is 0 Å². The van der Waals surface area contributed by atoms with Gasteiger partial charge in [0.1, 0.15) is 5.82 Å². The molecule has 0 N–H and O–H groups in total. The normalized spacial score (nSPS) is 13.7. The van der Waals surface area contributed by atoms with E-state index in [1.807, 2.05) is 12.1 Å². The highest BCUT2D eigenvalue weighted by Crippen LogP contribution is 2.28. The van der Waals surface area contributed by atoms with Crippen LogP contribution in [-0.4, -0.2) is 24.6 Å². The largest absolute Gasteiger partial charge is 0.347 e. The van der Waals surface area contributed by atoms with E-state index in [0.717, 1.165) is 30.2 Å². The van der Waals surface area contributed by atoms with E-state index in [0.29, 0.717) is 4.90 Å². The molecule has 0 bridgehead atoms. The molecule has 0 atom stereocenters. The standard InChI is InChI=1S/C19H17N3O2S/c1-25(23,24)17-8-6-14(7-9-17)18-10-20-11-19(21-18)22-12-15-4-2-3-5-16(15)13-22/h2-11H,12-13H2,1H3. The summed E-state index contributed by atoms with van der Waals surface area (Å²) in [5.74, 6) is 0.820. The Labute approximate surface area is 146 Å². The first kappa shape index (κ1) is 15.8. The van der Waals surface area contributed by atoms with E-state index in [4.69, 9.17) is 4.98 Å². The number of fused-ring (bicyclic) bond motifs is 1. The zero-order valence-electron chi connectivity index (χ0n) is 13.8. The second-order valence-corrected chi connectivity index (χ2v) is 8.20. The molecule has 1 aliphatic heterocycles. The van der Waals surface area contributed by atoms with Gasteiger partial charge in [0.2, 0.25) is 0 Å². The van der Waals surface area contributed by atoms with Crippen LogP contribution < -0.4 is 4.90 Å². The van der Waals surface area contributed by atoms with Gasteiger partial charge in [0.05, 0.1) is 23.0 Å². The number of sulfone groups is 1. The maximum Gasteiger partial charge on any atom is 0.175 e. The summed E-state index contributed by atoms with van der Waals surface area (Å²) < 4.78 is 23.2. The summed E-state index contributed by atoms with van der Waals surface area (Å²) in [6, 6.07) is 15.1. The van der Waals surface area contributed by atoms with Crippen molar-refractivity contribution < 1.29 is 8.42 Å². The lowest BCUT2D eigenvalue weighted by molar-refractivity contribution is 0.602. The number of nitrogens with zero attached hydrogens (tertiary/aromatic N) is 3. The Kier molecular flexibility index (Phi) is 3.77. The predicted octanol–water partition coefficient (Wildman–Crippen LogP) is 3.07. The van der Waals surface area contributed by atoms with Crippen LogP contribution in [0.3, 0.4) is 0 Å². The lowest BCUT2D eigenvalue weighted by atomic mass is 10.1. The van der Waals surface area contributed by atoms with Gasteiger partial charge in [-0.05, 0) is 23.3 Å². The zero-order chi connectivity index (χ0) is 17.4. The molecule has 0 fully saturated rings. The molecule has 0 amide bonds. The van der Waals surface area contributed by atoms with Gasteiger partial charge >= 0.3 is 0 Å². The Morgan fingerprint density at radius 1 is 0.920 bits per heavy atom. The molecule has 2 aromatic carbocycles. The molecule has 5 nitrogen and oxygen atoms in total. The fourth-order valence-corrected chi connectivity index (χ4v) is 3.65. The van der Waals surface area contributed by atoms with Crippen molar-refractivity contribution >= 4 is 15.7 Å². The van der Waals surface area contributed by atoms with E-state index in [-0.39, 0.29) is 0 Å². The number of benzene rings is 2. The molecule has 1 aromatic heterocycles. The van der Waals surface area contributed by atoms with Crippen LogP contribution in [0.2, 0.25) is 0 Å². The van der Waals surface area contributed by atoms with Crippen LogP contribution in [0.4, 0.5) is 5.82 Å². The molecule has 25 heavy (non-hydrogen) atoms.